The van der Waals surface area contributed by atoms with Crippen molar-refractivity contribution in [2.75, 3.05) is 40.4 Å². The molecule has 9 heteroatoms. The molecule has 0 aliphatic rings. The highest BCUT2D eigenvalue weighted by Crippen LogP contribution is 2.44. The number of ketones is 1. The first-order valence-electron chi connectivity index (χ1n) is 11.6. The Morgan fingerprint density at radius 1 is 0.800 bits per heavy atom. The molecule has 0 atom stereocenters. The number of hydrogen-bond acceptors (Lipinski definition) is 7. The van der Waals surface area contributed by atoms with Crippen LogP contribution < -0.4 is 18.9 Å². The van der Waals surface area contributed by atoms with Gasteiger partial charge in [0.25, 0.3) is 0 Å². The van der Waals surface area contributed by atoms with Gasteiger partial charge in [-0.2, -0.15) is 0 Å². The maximum absolute atomic E-state index is 13.3. The standard InChI is InChI=1S/C26H34N2O7/c1-8-13-19(29)23-21(34-25(30)27(9-2)10-3)15-17-14-18(32-6)16-20(33-7)22(17)24(23)35-26(31)28(11-4)12-5/h8,13-16H,9-12H2,1-7H3/b13-8+. The van der Waals surface area contributed by atoms with Crippen LogP contribution in [-0.2, 0) is 0 Å². The molecule has 2 amide bonds. The van der Waals surface area contributed by atoms with Crippen molar-refractivity contribution in [3.8, 4) is 23.0 Å². The summed E-state index contributed by atoms with van der Waals surface area (Å²) in [6, 6.07) is 4.86. The molecule has 0 spiro atoms. The molecule has 0 heterocycles. The van der Waals surface area contributed by atoms with Crippen molar-refractivity contribution < 1.29 is 33.3 Å². The second-order valence-electron chi connectivity index (χ2n) is 7.45. The molecule has 2 aromatic rings. The summed E-state index contributed by atoms with van der Waals surface area (Å²) in [6.07, 6.45) is 1.61. The van der Waals surface area contributed by atoms with E-state index in [2.05, 4.69) is 0 Å². The molecule has 0 aliphatic heterocycles. The average Bonchev–Trinajstić information content (AvgIpc) is 2.84. The highest BCUT2D eigenvalue weighted by Gasteiger charge is 2.28. The molecule has 9 nitrogen and oxygen atoms in total. The summed E-state index contributed by atoms with van der Waals surface area (Å²) in [4.78, 5) is 42.1. The lowest BCUT2D eigenvalue weighted by Crippen LogP contribution is -2.34. The van der Waals surface area contributed by atoms with Crippen molar-refractivity contribution in [2.45, 2.75) is 34.6 Å². The van der Waals surface area contributed by atoms with E-state index < -0.39 is 18.0 Å². The fourth-order valence-electron chi connectivity index (χ4n) is 3.62. The maximum Gasteiger partial charge on any atom is 0.415 e. The normalized spacial score (nSPS) is 10.8. The number of carbonyl (C=O) groups excluding carboxylic acids is 3. The Labute approximate surface area is 206 Å². The van der Waals surface area contributed by atoms with Crippen LogP contribution in [0.15, 0.2) is 30.4 Å². The van der Waals surface area contributed by atoms with Crippen LogP contribution >= 0.6 is 0 Å². The van der Waals surface area contributed by atoms with Gasteiger partial charge >= 0.3 is 12.2 Å². The number of nitrogens with zero attached hydrogens (tertiary/aromatic N) is 2. The molecule has 0 bridgehead atoms. The number of methoxy groups -OCH3 is 2. The van der Waals surface area contributed by atoms with Gasteiger partial charge in [-0.1, -0.05) is 6.08 Å². The van der Waals surface area contributed by atoms with Gasteiger partial charge in [0.1, 0.15) is 22.8 Å². The minimum absolute atomic E-state index is 0.0323. The van der Waals surface area contributed by atoms with E-state index in [1.54, 1.807) is 31.2 Å². The lowest BCUT2D eigenvalue weighted by atomic mass is 9.99. The number of amides is 2. The smallest absolute Gasteiger partial charge is 0.415 e. The number of carbonyl (C=O) groups is 3. The summed E-state index contributed by atoms with van der Waals surface area (Å²) in [7, 11) is 2.97. The van der Waals surface area contributed by atoms with E-state index in [4.69, 9.17) is 18.9 Å². The molecular formula is C26H34N2O7. The third-order valence-corrected chi connectivity index (χ3v) is 5.54. The van der Waals surface area contributed by atoms with E-state index in [-0.39, 0.29) is 17.1 Å². The summed E-state index contributed by atoms with van der Waals surface area (Å²) in [6.45, 7) is 10.6. The molecule has 0 fully saturated rings. The minimum atomic E-state index is -0.643. The second kappa shape index (κ2) is 12.6. The van der Waals surface area contributed by atoms with Crippen LogP contribution in [0.1, 0.15) is 45.0 Å². The number of rotatable bonds is 10. The highest BCUT2D eigenvalue weighted by molar-refractivity contribution is 6.14. The van der Waals surface area contributed by atoms with Crippen LogP contribution in [-0.4, -0.2) is 68.2 Å². The molecule has 2 aromatic carbocycles. The van der Waals surface area contributed by atoms with Crippen molar-refractivity contribution in [1.82, 2.24) is 9.80 Å². The summed E-state index contributed by atoms with van der Waals surface area (Å²) >= 11 is 0. The van der Waals surface area contributed by atoms with E-state index in [1.165, 1.54) is 30.1 Å². The van der Waals surface area contributed by atoms with E-state index in [0.717, 1.165) is 0 Å². The average molecular weight is 487 g/mol. The van der Waals surface area contributed by atoms with E-state index in [9.17, 15) is 14.4 Å². The van der Waals surface area contributed by atoms with Crippen molar-refractivity contribution >= 4 is 28.7 Å². The van der Waals surface area contributed by atoms with Crippen LogP contribution in [0.4, 0.5) is 9.59 Å². The van der Waals surface area contributed by atoms with Gasteiger partial charge in [0, 0.05) is 32.2 Å². The van der Waals surface area contributed by atoms with E-state index in [1.807, 2.05) is 27.7 Å². The minimum Gasteiger partial charge on any atom is -0.497 e. The lowest BCUT2D eigenvalue weighted by molar-refractivity contribution is 0.103. The Morgan fingerprint density at radius 3 is 1.86 bits per heavy atom. The molecule has 0 N–H and O–H groups in total. The quantitative estimate of drug-likeness (QED) is 0.332. The van der Waals surface area contributed by atoms with Crippen molar-refractivity contribution in [3.05, 3.63) is 35.9 Å². The predicted molar refractivity (Wildman–Crippen MR) is 134 cm³/mol. The summed E-state index contributed by atoms with van der Waals surface area (Å²) in [5.41, 5.74) is -0.0555. The van der Waals surface area contributed by atoms with Gasteiger partial charge in [0.2, 0.25) is 0 Å². The van der Waals surface area contributed by atoms with Crippen LogP contribution in [0.5, 0.6) is 23.0 Å². The monoisotopic (exact) mass is 486 g/mol. The zero-order valence-electron chi connectivity index (χ0n) is 21.5. The van der Waals surface area contributed by atoms with E-state index >= 15 is 0 Å². The Hall–Kier alpha value is -3.75. The first kappa shape index (κ1) is 27.5. The SMILES string of the molecule is C/C=C/C(=O)c1c(OC(=O)N(CC)CC)cc2cc(OC)cc(OC)c2c1OC(=O)N(CC)CC. The van der Waals surface area contributed by atoms with Crippen molar-refractivity contribution in [1.29, 1.82) is 0 Å². The Bertz CT molecular complexity index is 1100. The summed E-state index contributed by atoms with van der Waals surface area (Å²) < 4.78 is 22.5. The summed E-state index contributed by atoms with van der Waals surface area (Å²) in [5, 5.41) is 0.882. The third kappa shape index (κ3) is 6.03. The van der Waals surface area contributed by atoms with Gasteiger partial charge in [-0.15, -0.1) is 0 Å². The lowest BCUT2D eigenvalue weighted by Gasteiger charge is -2.23. The highest BCUT2D eigenvalue weighted by atomic mass is 16.6. The topological polar surface area (TPSA) is 94.6 Å². The molecular weight excluding hydrogens is 452 g/mol. The van der Waals surface area contributed by atoms with Crippen LogP contribution in [0.3, 0.4) is 0 Å². The van der Waals surface area contributed by atoms with E-state index in [0.29, 0.717) is 48.5 Å². The number of fused-ring (bicyclic) bond motifs is 1. The van der Waals surface area contributed by atoms with Crippen molar-refractivity contribution in [2.24, 2.45) is 0 Å². The largest absolute Gasteiger partial charge is 0.497 e. The fraction of sp³-hybridized carbons (Fsp3) is 0.423. The number of ether oxygens (including phenoxy) is 4. The van der Waals surface area contributed by atoms with Crippen molar-refractivity contribution in [3.63, 3.8) is 0 Å². The van der Waals surface area contributed by atoms with Gasteiger partial charge in [-0.3, -0.25) is 4.79 Å². The Kier molecular flexibility index (Phi) is 9.93. The fourth-order valence-corrected chi connectivity index (χ4v) is 3.62. The zero-order chi connectivity index (χ0) is 26.1. The molecule has 2 rings (SSSR count). The molecule has 0 aliphatic carbocycles. The van der Waals surface area contributed by atoms with Gasteiger partial charge in [0.15, 0.2) is 11.5 Å². The molecule has 190 valence electrons. The third-order valence-electron chi connectivity index (χ3n) is 5.54. The first-order chi connectivity index (χ1) is 16.8. The van der Waals surface area contributed by atoms with Crippen LogP contribution in [0.25, 0.3) is 10.8 Å². The first-order valence-corrected chi connectivity index (χ1v) is 11.6. The molecule has 35 heavy (non-hydrogen) atoms. The Morgan fingerprint density at radius 2 is 1.37 bits per heavy atom. The van der Waals surface area contributed by atoms with Gasteiger partial charge in [-0.05, 0) is 58.2 Å². The van der Waals surface area contributed by atoms with Crippen LogP contribution in [0, 0.1) is 0 Å². The van der Waals surface area contributed by atoms with Gasteiger partial charge in [-0.25, -0.2) is 9.59 Å². The molecule has 0 unspecified atom stereocenters. The predicted octanol–water partition coefficient (Wildman–Crippen LogP) is 5.30. The van der Waals surface area contributed by atoms with Gasteiger partial charge in [0.05, 0.1) is 19.6 Å². The zero-order valence-corrected chi connectivity index (χ0v) is 21.5. The maximum atomic E-state index is 13.3. The van der Waals surface area contributed by atoms with Gasteiger partial charge < -0.3 is 28.7 Å². The number of benzene rings is 2. The van der Waals surface area contributed by atoms with Crippen LogP contribution in [0.2, 0.25) is 0 Å². The number of hydrogen-bond donors (Lipinski definition) is 0. The molecule has 0 saturated heterocycles. The molecule has 0 radical (unpaired) electrons. The number of allylic oxidation sites excluding steroid dienone is 2. The Balaban J connectivity index is 2.94. The summed E-state index contributed by atoms with van der Waals surface area (Å²) in [5.74, 6) is 0.234. The molecule has 0 aromatic heterocycles. The second-order valence-corrected chi connectivity index (χ2v) is 7.45. The molecule has 0 saturated carbocycles.